The van der Waals surface area contributed by atoms with Crippen LogP contribution in [0.3, 0.4) is 0 Å². The number of hydrogen-bond donors (Lipinski definition) is 0. The first-order valence-electron chi connectivity index (χ1n) is 5.26. The van der Waals surface area contributed by atoms with Gasteiger partial charge in [0.25, 0.3) is 0 Å². The van der Waals surface area contributed by atoms with Crippen LogP contribution in [0.5, 0.6) is 0 Å². The van der Waals surface area contributed by atoms with Gasteiger partial charge in [-0.15, -0.1) is 0 Å². The molecule has 0 aliphatic carbocycles. The van der Waals surface area contributed by atoms with Gasteiger partial charge in [0, 0.05) is 12.1 Å². The van der Waals surface area contributed by atoms with Crippen molar-refractivity contribution in [3.8, 4) is 0 Å². The summed E-state index contributed by atoms with van der Waals surface area (Å²) in [6.07, 6.45) is -3.00. The Hall–Kier alpha value is -1.79. The number of carbonyl (C=O) groups excluding carboxylic acids is 1. The van der Waals surface area contributed by atoms with Gasteiger partial charge in [0.15, 0.2) is 5.83 Å². The van der Waals surface area contributed by atoms with Gasteiger partial charge in [0.2, 0.25) is 0 Å². The number of nitrogens with zero attached hydrogens (tertiary/aromatic N) is 2. The van der Waals surface area contributed by atoms with E-state index in [1.807, 2.05) is 0 Å². The summed E-state index contributed by atoms with van der Waals surface area (Å²) in [6, 6.07) is 1.79. The molecule has 0 radical (unpaired) electrons. The Morgan fingerprint density at radius 3 is 2.56 bits per heavy atom. The molecule has 0 saturated carbocycles. The van der Waals surface area contributed by atoms with Crippen LogP contribution in [-0.2, 0) is 16.1 Å². The van der Waals surface area contributed by atoms with Crippen LogP contribution >= 0.6 is 0 Å². The largest absolute Gasteiger partial charge is 0.464 e. The minimum Gasteiger partial charge on any atom is -0.464 e. The molecule has 0 spiro atoms. The van der Waals surface area contributed by atoms with Gasteiger partial charge < -0.3 is 4.74 Å². The molecule has 100 valence electrons. The van der Waals surface area contributed by atoms with Crippen molar-refractivity contribution in [1.82, 2.24) is 9.78 Å². The Kier molecular flexibility index (Phi) is 4.94. The second-order valence-electron chi connectivity index (χ2n) is 3.72. The lowest BCUT2D eigenvalue weighted by atomic mass is 10.4. The first kappa shape index (κ1) is 14.3. The minimum atomic E-state index is -2.38. The minimum absolute atomic E-state index is 0.122. The molecule has 0 unspecified atom stereocenters. The Bertz CT molecular complexity index is 465. The van der Waals surface area contributed by atoms with E-state index in [1.165, 1.54) is 4.68 Å². The van der Waals surface area contributed by atoms with Gasteiger partial charge in [-0.1, -0.05) is 0 Å². The maximum absolute atomic E-state index is 12.4. The standard InChI is InChI=1S/C11H13F3N2O2/c1-7-5-8(2)16(15-7)6-10(17)18-4-3-9(12)11(13)14/h5H,3-4,6H2,1-2H3. The van der Waals surface area contributed by atoms with Crippen LogP contribution in [0.15, 0.2) is 18.0 Å². The first-order valence-corrected chi connectivity index (χ1v) is 5.26. The van der Waals surface area contributed by atoms with Crippen LogP contribution in [0.25, 0.3) is 0 Å². The van der Waals surface area contributed by atoms with Crippen molar-refractivity contribution in [2.24, 2.45) is 0 Å². The van der Waals surface area contributed by atoms with E-state index in [9.17, 15) is 18.0 Å². The van der Waals surface area contributed by atoms with Crippen LogP contribution in [-0.4, -0.2) is 22.4 Å². The summed E-state index contributed by atoms with van der Waals surface area (Å²) in [5.41, 5.74) is 1.54. The molecule has 0 atom stereocenters. The molecule has 1 heterocycles. The van der Waals surface area contributed by atoms with Crippen LogP contribution < -0.4 is 0 Å². The van der Waals surface area contributed by atoms with Gasteiger partial charge in [-0.05, 0) is 19.9 Å². The fraction of sp³-hybridized carbons (Fsp3) is 0.455. The van der Waals surface area contributed by atoms with E-state index in [0.717, 1.165) is 11.4 Å². The number of rotatable bonds is 5. The maximum Gasteiger partial charge on any atom is 0.327 e. The summed E-state index contributed by atoms with van der Waals surface area (Å²) < 4.78 is 41.9. The lowest BCUT2D eigenvalue weighted by Gasteiger charge is -2.05. The number of esters is 1. The number of hydrogen-bond acceptors (Lipinski definition) is 3. The molecule has 0 bridgehead atoms. The Morgan fingerprint density at radius 2 is 2.06 bits per heavy atom. The Balaban J connectivity index is 2.39. The summed E-state index contributed by atoms with van der Waals surface area (Å²) in [7, 11) is 0. The van der Waals surface area contributed by atoms with Crippen molar-refractivity contribution < 1.29 is 22.7 Å². The molecule has 0 aromatic carbocycles. The molecule has 0 amide bonds. The van der Waals surface area contributed by atoms with Crippen molar-refractivity contribution in [2.75, 3.05) is 6.61 Å². The van der Waals surface area contributed by atoms with Crippen molar-refractivity contribution in [3.63, 3.8) is 0 Å². The van der Waals surface area contributed by atoms with Crippen molar-refractivity contribution in [3.05, 3.63) is 29.4 Å². The predicted octanol–water partition coefficient (Wildman–Crippen LogP) is 2.51. The lowest BCUT2D eigenvalue weighted by Crippen LogP contribution is -2.16. The van der Waals surface area contributed by atoms with Gasteiger partial charge in [0.1, 0.15) is 6.54 Å². The number of ether oxygens (including phenoxy) is 1. The molecule has 0 aliphatic rings. The quantitative estimate of drug-likeness (QED) is 0.766. The predicted molar refractivity (Wildman–Crippen MR) is 57.6 cm³/mol. The van der Waals surface area contributed by atoms with Crippen molar-refractivity contribution >= 4 is 5.97 Å². The van der Waals surface area contributed by atoms with E-state index in [1.54, 1.807) is 19.9 Å². The zero-order valence-corrected chi connectivity index (χ0v) is 10.0. The van der Waals surface area contributed by atoms with Crippen LogP contribution in [0, 0.1) is 13.8 Å². The molecule has 0 N–H and O–H groups in total. The van der Waals surface area contributed by atoms with Crippen molar-refractivity contribution in [2.45, 2.75) is 26.8 Å². The van der Waals surface area contributed by atoms with E-state index in [-0.39, 0.29) is 6.54 Å². The molecule has 4 nitrogen and oxygen atoms in total. The summed E-state index contributed by atoms with van der Waals surface area (Å²) >= 11 is 0. The molecule has 18 heavy (non-hydrogen) atoms. The van der Waals surface area contributed by atoms with Gasteiger partial charge in [-0.3, -0.25) is 9.48 Å². The van der Waals surface area contributed by atoms with Crippen LogP contribution in [0.2, 0.25) is 0 Å². The Labute approximate surface area is 102 Å². The molecule has 1 aromatic rings. The molecule has 1 rings (SSSR count). The summed E-state index contributed by atoms with van der Waals surface area (Å²) in [5.74, 6) is -2.21. The number of carbonyl (C=O) groups is 1. The van der Waals surface area contributed by atoms with Gasteiger partial charge in [-0.2, -0.15) is 13.9 Å². The Morgan fingerprint density at radius 1 is 1.39 bits per heavy atom. The molecule has 0 saturated heterocycles. The third-order valence-electron chi connectivity index (χ3n) is 2.17. The van der Waals surface area contributed by atoms with E-state index >= 15 is 0 Å². The third-order valence-corrected chi connectivity index (χ3v) is 2.17. The number of aryl methyl sites for hydroxylation is 2. The van der Waals surface area contributed by atoms with E-state index in [2.05, 4.69) is 9.84 Å². The third kappa shape index (κ3) is 4.23. The molecular formula is C11H13F3N2O2. The summed E-state index contributed by atoms with van der Waals surface area (Å²) in [6.45, 7) is 3.01. The van der Waals surface area contributed by atoms with Crippen LogP contribution in [0.4, 0.5) is 13.2 Å². The fourth-order valence-electron chi connectivity index (χ4n) is 1.35. The normalized spacial score (nSPS) is 10.3. The van der Waals surface area contributed by atoms with Crippen molar-refractivity contribution in [1.29, 1.82) is 0 Å². The SMILES string of the molecule is Cc1cc(C)n(CC(=O)OCCC(F)=C(F)F)n1. The number of aromatic nitrogens is 2. The average molecular weight is 262 g/mol. The lowest BCUT2D eigenvalue weighted by molar-refractivity contribution is -0.144. The molecule has 7 heteroatoms. The average Bonchev–Trinajstić information content (AvgIpc) is 2.57. The highest BCUT2D eigenvalue weighted by molar-refractivity contribution is 5.69. The van der Waals surface area contributed by atoms with Gasteiger partial charge >= 0.3 is 12.0 Å². The first-order chi connectivity index (χ1) is 8.40. The molecular weight excluding hydrogens is 249 g/mol. The van der Waals surface area contributed by atoms with E-state index in [4.69, 9.17) is 0 Å². The highest BCUT2D eigenvalue weighted by atomic mass is 19.3. The fourth-order valence-corrected chi connectivity index (χ4v) is 1.35. The summed E-state index contributed by atoms with van der Waals surface area (Å²) in [5, 5.41) is 4.03. The number of halogens is 3. The van der Waals surface area contributed by atoms with Gasteiger partial charge in [0.05, 0.1) is 12.3 Å². The second kappa shape index (κ2) is 6.23. The molecule has 0 aliphatic heterocycles. The van der Waals surface area contributed by atoms with E-state index < -0.39 is 30.9 Å². The highest BCUT2D eigenvalue weighted by Crippen LogP contribution is 2.12. The second-order valence-corrected chi connectivity index (χ2v) is 3.72. The molecule has 0 fully saturated rings. The topological polar surface area (TPSA) is 44.1 Å². The van der Waals surface area contributed by atoms with Gasteiger partial charge in [-0.25, -0.2) is 4.39 Å². The smallest absolute Gasteiger partial charge is 0.327 e. The van der Waals surface area contributed by atoms with E-state index in [0.29, 0.717) is 0 Å². The molecule has 1 aromatic heterocycles. The zero-order valence-electron chi connectivity index (χ0n) is 10.0. The monoisotopic (exact) mass is 262 g/mol. The highest BCUT2D eigenvalue weighted by Gasteiger charge is 2.10. The van der Waals surface area contributed by atoms with Crippen LogP contribution in [0.1, 0.15) is 17.8 Å². The zero-order chi connectivity index (χ0) is 13.7. The summed E-state index contributed by atoms with van der Waals surface area (Å²) in [4.78, 5) is 11.3. The maximum atomic E-state index is 12.4.